The van der Waals surface area contributed by atoms with Crippen molar-refractivity contribution in [3.8, 4) is 5.75 Å². The van der Waals surface area contributed by atoms with Crippen molar-refractivity contribution in [2.24, 2.45) is 0 Å². The highest BCUT2D eigenvalue weighted by Crippen LogP contribution is 2.24. The molecule has 1 N–H and O–H groups in total. The molecule has 0 fully saturated rings. The Morgan fingerprint density at radius 2 is 2.16 bits per heavy atom. The van der Waals surface area contributed by atoms with E-state index in [1.807, 2.05) is 31.2 Å². The Kier molecular flexibility index (Phi) is 4.88. The summed E-state index contributed by atoms with van der Waals surface area (Å²) in [7, 11) is 0. The Morgan fingerprint density at radius 1 is 1.32 bits per heavy atom. The Balaban J connectivity index is 2.02. The van der Waals surface area contributed by atoms with Crippen LogP contribution in [-0.4, -0.2) is 6.54 Å². The SMILES string of the molecule is CCNCc1ccoc1COc1cc(Cl)ccc1C. The van der Waals surface area contributed by atoms with Crippen LogP contribution in [0.5, 0.6) is 5.75 Å². The molecule has 0 amide bonds. The Labute approximate surface area is 118 Å². The maximum atomic E-state index is 5.96. The molecule has 102 valence electrons. The van der Waals surface area contributed by atoms with Gasteiger partial charge in [0.25, 0.3) is 0 Å². The summed E-state index contributed by atoms with van der Waals surface area (Å²) in [6, 6.07) is 7.59. The highest BCUT2D eigenvalue weighted by atomic mass is 35.5. The van der Waals surface area contributed by atoms with Crippen LogP contribution in [0.4, 0.5) is 0 Å². The minimum atomic E-state index is 0.412. The van der Waals surface area contributed by atoms with E-state index in [-0.39, 0.29) is 0 Å². The average molecular weight is 280 g/mol. The molecule has 0 unspecified atom stereocenters. The molecule has 2 rings (SSSR count). The first-order valence-electron chi connectivity index (χ1n) is 6.35. The lowest BCUT2D eigenvalue weighted by Gasteiger charge is -2.09. The molecule has 19 heavy (non-hydrogen) atoms. The molecule has 0 aliphatic heterocycles. The Hall–Kier alpha value is -1.45. The molecule has 0 saturated heterocycles. The number of aryl methyl sites for hydroxylation is 1. The molecule has 0 saturated carbocycles. The fourth-order valence-corrected chi connectivity index (χ4v) is 1.95. The number of halogens is 1. The highest BCUT2D eigenvalue weighted by Gasteiger charge is 2.08. The summed E-state index contributed by atoms with van der Waals surface area (Å²) in [6.07, 6.45) is 1.69. The lowest BCUT2D eigenvalue weighted by molar-refractivity contribution is 0.266. The smallest absolute Gasteiger partial charge is 0.146 e. The number of furan rings is 1. The van der Waals surface area contributed by atoms with Crippen molar-refractivity contribution in [3.63, 3.8) is 0 Å². The van der Waals surface area contributed by atoms with Crippen molar-refractivity contribution in [1.82, 2.24) is 5.32 Å². The molecular formula is C15H18ClNO2. The van der Waals surface area contributed by atoms with Gasteiger partial charge in [0, 0.05) is 17.1 Å². The van der Waals surface area contributed by atoms with Gasteiger partial charge in [-0.25, -0.2) is 0 Å². The molecule has 3 nitrogen and oxygen atoms in total. The van der Waals surface area contributed by atoms with Gasteiger partial charge in [-0.05, 0) is 37.2 Å². The maximum Gasteiger partial charge on any atom is 0.146 e. The zero-order valence-electron chi connectivity index (χ0n) is 11.2. The predicted molar refractivity (Wildman–Crippen MR) is 76.6 cm³/mol. The fraction of sp³-hybridized carbons (Fsp3) is 0.333. The number of benzene rings is 1. The zero-order chi connectivity index (χ0) is 13.7. The molecule has 0 bridgehead atoms. The number of hydrogen-bond acceptors (Lipinski definition) is 3. The van der Waals surface area contributed by atoms with E-state index in [2.05, 4.69) is 12.2 Å². The van der Waals surface area contributed by atoms with E-state index in [0.29, 0.717) is 11.6 Å². The molecule has 0 aliphatic rings. The van der Waals surface area contributed by atoms with Crippen molar-refractivity contribution in [2.45, 2.75) is 27.0 Å². The summed E-state index contributed by atoms with van der Waals surface area (Å²) in [6.45, 7) is 6.20. The Bertz CT molecular complexity index is 537. The van der Waals surface area contributed by atoms with Crippen LogP contribution in [0, 0.1) is 6.92 Å². The number of nitrogens with one attached hydrogen (secondary N) is 1. The molecule has 1 aromatic carbocycles. The lowest BCUT2D eigenvalue weighted by Crippen LogP contribution is -2.12. The monoisotopic (exact) mass is 279 g/mol. The summed E-state index contributed by atoms with van der Waals surface area (Å²) in [5.74, 6) is 1.64. The Morgan fingerprint density at radius 3 is 2.95 bits per heavy atom. The van der Waals surface area contributed by atoms with Gasteiger partial charge in [0.2, 0.25) is 0 Å². The normalized spacial score (nSPS) is 10.7. The minimum absolute atomic E-state index is 0.412. The first-order valence-corrected chi connectivity index (χ1v) is 6.73. The van der Waals surface area contributed by atoms with Crippen molar-refractivity contribution < 1.29 is 9.15 Å². The summed E-state index contributed by atoms with van der Waals surface area (Å²) in [5, 5.41) is 3.95. The molecule has 0 spiro atoms. The van der Waals surface area contributed by atoms with Crippen LogP contribution < -0.4 is 10.1 Å². The summed E-state index contributed by atoms with van der Waals surface area (Å²) in [5.41, 5.74) is 2.19. The van der Waals surface area contributed by atoms with Crippen LogP contribution in [0.15, 0.2) is 34.9 Å². The van der Waals surface area contributed by atoms with Crippen LogP contribution >= 0.6 is 11.6 Å². The second-order valence-electron chi connectivity index (χ2n) is 4.35. The van der Waals surface area contributed by atoms with E-state index in [4.69, 9.17) is 20.8 Å². The highest BCUT2D eigenvalue weighted by molar-refractivity contribution is 6.30. The van der Waals surface area contributed by atoms with E-state index >= 15 is 0 Å². The molecule has 0 radical (unpaired) electrons. The number of rotatable bonds is 6. The standard InChI is InChI=1S/C15H18ClNO2/c1-3-17-9-12-6-7-18-15(12)10-19-14-8-13(16)5-4-11(14)2/h4-8,17H,3,9-10H2,1-2H3. The van der Waals surface area contributed by atoms with Crippen molar-refractivity contribution >= 4 is 11.6 Å². The van der Waals surface area contributed by atoms with E-state index in [9.17, 15) is 0 Å². The molecule has 1 aromatic heterocycles. The second-order valence-corrected chi connectivity index (χ2v) is 4.78. The van der Waals surface area contributed by atoms with Crippen LogP contribution in [0.1, 0.15) is 23.8 Å². The van der Waals surface area contributed by atoms with E-state index in [1.54, 1.807) is 6.26 Å². The van der Waals surface area contributed by atoms with Gasteiger partial charge in [0.1, 0.15) is 18.1 Å². The number of ether oxygens (including phenoxy) is 1. The lowest BCUT2D eigenvalue weighted by atomic mass is 10.2. The summed E-state index contributed by atoms with van der Waals surface area (Å²) < 4.78 is 11.2. The van der Waals surface area contributed by atoms with Gasteiger partial charge in [0.15, 0.2) is 0 Å². The van der Waals surface area contributed by atoms with Crippen LogP contribution in [0.2, 0.25) is 5.02 Å². The topological polar surface area (TPSA) is 34.4 Å². The first kappa shape index (κ1) is 14.0. The maximum absolute atomic E-state index is 5.96. The van der Waals surface area contributed by atoms with Crippen LogP contribution in [0.25, 0.3) is 0 Å². The quantitative estimate of drug-likeness (QED) is 0.870. The van der Waals surface area contributed by atoms with Gasteiger partial charge in [-0.15, -0.1) is 0 Å². The van der Waals surface area contributed by atoms with Gasteiger partial charge >= 0.3 is 0 Å². The predicted octanol–water partition coefficient (Wildman–Crippen LogP) is 3.93. The average Bonchev–Trinajstić information content (AvgIpc) is 2.85. The van der Waals surface area contributed by atoms with Crippen LogP contribution in [-0.2, 0) is 13.2 Å². The van der Waals surface area contributed by atoms with Crippen molar-refractivity contribution in [1.29, 1.82) is 0 Å². The largest absolute Gasteiger partial charge is 0.485 e. The fourth-order valence-electron chi connectivity index (χ4n) is 1.78. The number of hydrogen-bond donors (Lipinski definition) is 1. The molecule has 0 aliphatic carbocycles. The van der Waals surface area contributed by atoms with Gasteiger partial charge in [-0.2, -0.15) is 0 Å². The zero-order valence-corrected chi connectivity index (χ0v) is 12.0. The summed E-state index contributed by atoms with van der Waals surface area (Å²) in [4.78, 5) is 0. The molecule has 2 aromatic rings. The van der Waals surface area contributed by atoms with Gasteiger partial charge in [-0.3, -0.25) is 0 Å². The third-order valence-corrected chi connectivity index (χ3v) is 3.15. The van der Waals surface area contributed by atoms with Gasteiger partial charge in [0.05, 0.1) is 6.26 Å². The third kappa shape index (κ3) is 3.75. The molecule has 4 heteroatoms. The van der Waals surface area contributed by atoms with Crippen molar-refractivity contribution in [2.75, 3.05) is 6.54 Å². The van der Waals surface area contributed by atoms with E-state index < -0.39 is 0 Å². The van der Waals surface area contributed by atoms with Crippen LogP contribution in [0.3, 0.4) is 0 Å². The first-order chi connectivity index (χ1) is 9.20. The summed E-state index contributed by atoms with van der Waals surface area (Å²) >= 11 is 5.96. The van der Waals surface area contributed by atoms with E-state index in [0.717, 1.165) is 35.7 Å². The molecule has 0 atom stereocenters. The second kappa shape index (κ2) is 6.64. The third-order valence-electron chi connectivity index (χ3n) is 2.91. The molecule has 1 heterocycles. The van der Waals surface area contributed by atoms with Gasteiger partial charge in [-0.1, -0.05) is 24.6 Å². The van der Waals surface area contributed by atoms with Crippen molar-refractivity contribution in [3.05, 3.63) is 52.4 Å². The minimum Gasteiger partial charge on any atom is -0.485 e. The molecular weight excluding hydrogens is 262 g/mol. The van der Waals surface area contributed by atoms with Gasteiger partial charge < -0.3 is 14.5 Å². The van der Waals surface area contributed by atoms with E-state index in [1.165, 1.54) is 0 Å².